The monoisotopic (exact) mass is 274 g/mol. The van der Waals surface area contributed by atoms with Gasteiger partial charge in [0.1, 0.15) is 11.9 Å². The van der Waals surface area contributed by atoms with Crippen LogP contribution in [0.5, 0.6) is 0 Å². The van der Waals surface area contributed by atoms with E-state index in [9.17, 15) is 9.59 Å². The normalized spacial score (nSPS) is 38.4. The van der Waals surface area contributed by atoms with Crippen LogP contribution in [0.4, 0.5) is 0 Å². The molecule has 0 bridgehead atoms. The average molecular weight is 275 g/mol. The van der Waals surface area contributed by atoms with Crippen LogP contribution < -0.4 is 0 Å². The van der Waals surface area contributed by atoms with Gasteiger partial charge in [0.15, 0.2) is 0 Å². The molecule has 2 rings (SSSR count). The van der Waals surface area contributed by atoms with Gasteiger partial charge in [0, 0.05) is 18.8 Å². The van der Waals surface area contributed by atoms with Crippen molar-refractivity contribution in [3.63, 3.8) is 0 Å². The molecule has 0 aromatic heterocycles. The minimum absolute atomic E-state index is 0.0921. The van der Waals surface area contributed by atoms with Crippen LogP contribution in [0.15, 0.2) is 0 Å². The van der Waals surface area contributed by atoms with Gasteiger partial charge in [-0.15, -0.1) is 0 Å². The van der Waals surface area contributed by atoms with Gasteiger partial charge in [-0.3, -0.25) is 9.59 Å². The quantitative estimate of drug-likeness (QED) is 0.585. The molecular weight excluding hydrogens is 260 g/mol. The van der Waals surface area contributed by atoms with Crippen LogP contribution in [0.25, 0.3) is 0 Å². The largest absolute Gasteiger partial charge is 0.461 e. The minimum Gasteiger partial charge on any atom is -0.461 e. The Hall–Kier alpha value is -0.380. The molecule has 4 atom stereocenters. The Labute approximate surface area is 97.7 Å². The Morgan fingerprint density at radius 3 is 2.87 bits per heavy atom. The Morgan fingerprint density at radius 2 is 2.33 bits per heavy atom. The Bertz CT molecular complexity index is 290. The third-order valence-corrected chi connectivity index (χ3v) is 4.62. The van der Waals surface area contributed by atoms with E-state index in [1.807, 2.05) is 6.92 Å². The van der Waals surface area contributed by atoms with E-state index in [0.29, 0.717) is 24.5 Å². The van der Waals surface area contributed by atoms with Crippen LogP contribution in [0.3, 0.4) is 0 Å². The van der Waals surface area contributed by atoms with Gasteiger partial charge in [-0.25, -0.2) is 0 Å². The van der Waals surface area contributed by atoms with Gasteiger partial charge < -0.3 is 4.74 Å². The topological polar surface area (TPSA) is 43.4 Å². The number of Topliss-reactive ketones (excluding diaryl/α,β-unsaturated/α-hetero) is 1. The van der Waals surface area contributed by atoms with Crippen molar-refractivity contribution in [3.8, 4) is 0 Å². The van der Waals surface area contributed by atoms with Gasteiger partial charge in [0.25, 0.3) is 0 Å². The highest BCUT2D eigenvalue weighted by Crippen LogP contribution is 2.48. The van der Waals surface area contributed by atoms with Crippen molar-refractivity contribution in [1.82, 2.24) is 0 Å². The predicted octanol–water partition coefficient (Wildman–Crippen LogP) is 2.07. The van der Waals surface area contributed by atoms with Gasteiger partial charge in [-0.1, -0.05) is 22.9 Å². The minimum atomic E-state index is -0.138. The summed E-state index contributed by atoms with van der Waals surface area (Å²) < 4.78 is 5.36. The number of carbonyl (C=O) groups is 2. The van der Waals surface area contributed by atoms with E-state index < -0.39 is 0 Å². The molecular formula is C11H15BrO3. The molecule has 0 saturated heterocycles. The van der Waals surface area contributed by atoms with E-state index in [4.69, 9.17) is 4.74 Å². The molecule has 2 saturated carbocycles. The molecule has 0 radical (unpaired) electrons. The van der Waals surface area contributed by atoms with Crippen molar-refractivity contribution in [2.45, 2.75) is 43.5 Å². The summed E-state index contributed by atoms with van der Waals surface area (Å²) in [6, 6.07) is 0. The third kappa shape index (κ3) is 1.96. The van der Waals surface area contributed by atoms with Crippen LogP contribution in [-0.4, -0.2) is 22.7 Å². The SMILES string of the molecule is CCCC(=O)O[C@@H]1C[C@@H]2C(=O)C[C@@H]2[C@H]1Br. The van der Waals surface area contributed by atoms with E-state index in [-0.39, 0.29) is 22.8 Å². The lowest BCUT2D eigenvalue weighted by Crippen LogP contribution is -2.36. The molecule has 0 aromatic rings. The second kappa shape index (κ2) is 4.24. The van der Waals surface area contributed by atoms with Crippen molar-refractivity contribution in [2.24, 2.45) is 11.8 Å². The lowest BCUT2D eigenvalue weighted by molar-refractivity contribution is -0.148. The Kier molecular flexibility index (Phi) is 3.14. The maximum absolute atomic E-state index is 11.3. The molecule has 2 aliphatic carbocycles. The first-order chi connectivity index (χ1) is 7.13. The van der Waals surface area contributed by atoms with Gasteiger partial charge in [0.2, 0.25) is 0 Å². The molecule has 0 spiro atoms. The number of ketones is 1. The van der Waals surface area contributed by atoms with Crippen LogP contribution in [0.2, 0.25) is 0 Å². The number of fused-ring (bicyclic) bond motifs is 1. The molecule has 3 nitrogen and oxygen atoms in total. The molecule has 2 aliphatic rings. The summed E-state index contributed by atoms with van der Waals surface area (Å²) in [6.07, 6.45) is 2.56. The van der Waals surface area contributed by atoms with Crippen molar-refractivity contribution in [1.29, 1.82) is 0 Å². The molecule has 0 heterocycles. The molecule has 2 fully saturated rings. The zero-order valence-corrected chi connectivity index (χ0v) is 10.3. The number of hydrogen-bond donors (Lipinski definition) is 0. The van der Waals surface area contributed by atoms with Crippen LogP contribution in [0.1, 0.15) is 32.6 Å². The fourth-order valence-electron chi connectivity index (χ4n) is 2.45. The Balaban J connectivity index is 1.89. The van der Waals surface area contributed by atoms with Gasteiger partial charge in [-0.2, -0.15) is 0 Å². The van der Waals surface area contributed by atoms with Gasteiger partial charge in [-0.05, 0) is 18.8 Å². The number of rotatable bonds is 3. The summed E-state index contributed by atoms with van der Waals surface area (Å²) in [4.78, 5) is 22.8. The van der Waals surface area contributed by atoms with Crippen molar-refractivity contribution < 1.29 is 14.3 Å². The fraction of sp³-hybridized carbons (Fsp3) is 0.818. The first-order valence-corrected chi connectivity index (χ1v) is 6.41. The molecule has 0 amide bonds. The number of ether oxygens (including phenoxy) is 1. The summed E-state index contributed by atoms with van der Waals surface area (Å²) in [7, 11) is 0. The van der Waals surface area contributed by atoms with Gasteiger partial charge >= 0.3 is 5.97 Å². The molecule has 0 aromatic carbocycles. The zero-order chi connectivity index (χ0) is 11.0. The maximum Gasteiger partial charge on any atom is 0.306 e. The maximum atomic E-state index is 11.3. The van der Waals surface area contributed by atoms with Gasteiger partial charge in [0.05, 0.1) is 4.83 Å². The summed E-state index contributed by atoms with van der Waals surface area (Å²) >= 11 is 3.54. The number of alkyl halides is 1. The number of esters is 1. The molecule has 0 N–H and O–H groups in total. The molecule has 84 valence electrons. The average Bonchev–Trinajstić information content (AvgIpc) is 2.42. The lowest BCUT2D eigenvalue weighted by Gasteiger charge is -2.29. The highest BCUT2D eigenvalue weighted by atomic mass is 79.9. The smallest absolute Gasteiger partial charge is 0.306 e. The van der Waals surface area contributed by atoms with E-state index in [2.05, 4.69) is 15.9 Å². The van der Waals surface area contributed by atoms with Crippen LogP contribution in [-0.2, 0) is 14.3 Å². The Morgan fingerprint density at radius 1 is 1.60 bits per heavy atom. The first kappa shape index (κ1) is 11.1. The van der Waals surface area contributed by atoms with Crippen molar-refractivity contribution in [2.75, 3.05) is 0 Å². The van der Waals surface area contributed by atoms with E-state index in [1.54, 1.807) is 0 Å². The zero-order valence-electron chi connectivity index (χ0n) is 8.74. The fourth-order valence-corrected chi connectivity index (χ4v) is 3.33. The molecule has 15 heavy (non-hydrogen) atoms. The summed E-state index contributed by atoms with van der Waals surface area (Å²) in [6.45, 7) is 1.95. The number of halogens is 1. The second-order valence-electron chi connectivity index (χ2n) is 4.40. The highest BCUT2D eigenvalue weighted by Gasteiger charge is 2.53. The first-order valence-electron chi connectivity index (χ1n) is 5.49. The number of hydrogen-bond acceptors (Lipinski definition) is 3. The van der Waals surface area contributed by atoms with Crippen molar-refractivity contribution >= 4 is 27.7 Å². The van der Waals surface area contributed by atoms with Crippen LogP contribution in [0, 0.1) is 11.8 Å². The lowest BCUT2D eigenvalue weighted by atomic mass is 9.75. The summed E-state index contributed by atoms with van der Waals surface area (Å²) in [5.41, 5.74) is 0. The predicted molar refractivity (Wildman–Crippen MR) is 58.7 cm³/mol. The van der Waals surface area contributed by atoms with Crippen molar-refractivity contribution in [3.05, 3.63) is 0 Å². The van der Waals surface area contributed by atoms with E-state index in [1.165, 1.54) is 0 Å². The number of carbonyl (C=O) groups excluding carboxylic acids is 2. The molecule has 0 unspecified atom stereocenters. The molecule has 4 heteroatoms. The molecule has 0 aliphatic heterocycles. The summed E-state index contributed by atoms with van der Waals surface area (Å²) in [5.74, 6) is 0.741. The van der Waals surface area contributed by atoms with Crippen LogP contribution >= 0.6 is 15.9 Å². The summed E-state index contributed by atoms with van der Waals surface area (Å²) in [5, 5.41) is 0. The standard InChI is InChI=1S/C11H15BrO3/c1-2-3-10(14)15-9-5-6-7(11(9)12)4-8(6)13/h6-7,9,11H,2-5H2,1H3/t6-,7-,9+,11+/m0/s1. The second-order valence-corrected chi connectivity index (χ2v) is 5.46. The third-order valence-electron chi connectivity index (χ3n) is 3.35. The van der Waals surface area contributed by atoms with E-state index >= 15 is 0 Å². The highest BCUT2D eigenvalue weighted by molar-refractivity contribution is 9.09. The van der Waals surface area contributed by atoms with E-state index in [0.717, 1.165) is 12.8 Å².